The van der Waals surface area contributed by atoms with E-state index in [1.807, 2.05) is 0 Å². The molecule has 2 nitrogen and oxygen atoms in total. The van der Waals surface area contributed by atoms with Crippen LogP contribution in [0.15, 0.2) is 24.3 Å². The molecule has 0 atom stereocenters. The molecular formula is C16H26N2. The molecule has 0 amide bonds. The predicted molar refractivity (Wildman–Crippen MR) is 77.5 cm³/mol. The molecule has 18 heavy (non-hydrogen) atoms. The number of benzene rings is 1. The topological polar surface area (TPSA) is 29.3 Å². The minimum atomic E-state index is 0.473. The van der Waals surface area contributed by atoms with Crippen molar-refractivity contribution in [3.05, 3.63) is 35.4 Å². The molecule has 2 rings (SSSR count). The van der Waals surface area contributed by atoms with Crippen molar-refractivity contribution in [2.24, 2.45) is 11.1 Å². The molecule has 0 bridgehead atoms. The molecule has 0 unspecified atom stereocenters. The second-order valence-corrected chi connectivity index (χ2v) is 6.03. The van der Waals surface area contributed by atoms with E-state index in [-0.39, 0.29) is 0 Å². The summed E-state index contributed by atoms with van der Waals surface area (Å²) in [5.74, 6) is 0. The SMILES string of the molecule is Cc1cccc(CN(C)CCC2(CN)CCC2)c1. The van der Waals surface area contributed by atoms with Crippen LogP contribution in [0.4, 0.5) is 0 Å². The fourth-order valence-electron chi connectivity index (χ4n) is 2.86. The van der Waals surface area contributed by atoms with Crippen LogP contribution in [0.25, 0.3) is 0 Å². The van der Waals surface area contributed by atoms with Crippen molar-refractivity contribution in [1.29, 1.82) is 0 Å². The van der Waals surface area contributed by atoms with Crippen LogP contribution < -0.4 is 5.73 Å². The van der Waals surface area contributed by atoms with Gasteiger partial charge in [-0.3, -0.25) is 0 Å². The third-order valence-electron chi connectivity index (χ3n) is 4.41. The molecule has 1 aromatic rings. The minimum absolute atomic E-state index is 0.473. The highest BCUT2D eigenvalue weighted by molar-refractivity contribution is 5.21. The van der Waals surface area contributed by atoms with E-state index in [1.165, 1.54) is 36.8 Å². The van der Waals surface area contributed by atoms with Gasteiger partial charge in [0.15, 0.2) is 0 Å². The van der Waals surface area contributed by atoms with Gasteiger partial charge in [0.2, 0.25) is 0 Å². The van der Waals surface area contributed by atoms with Crippen molar-refractivity contribution >= 4 is 0 Å². The van der Waals surface area contributed by atoms with Gasteiger partial charge < -0.3 is 10.6 Å². The lowest BCUT2D eigenvalue weighted by Gasteiger charge is -2.42. The second-order valence-electron chi connectivity index (χ2n) is 6.03. The summed E-state index contributed by atoms with van der Waals surface area (Å²) in [5.41, 5.74) is 9.14. The van der Waals surface area contributed by atoms with Crippen LogP contribution >= 0.6 is 0 Å². The highest BCUT2D eigenvalue weighted by Crippen LogP contribution is 2.42. The number of hydrogen-bond donors (Lipinski definition) is 1. The highest BCUT2D eigenvalue weighted by atomic mass is 15.1. The van der Waals surface area contributed by atoms with E-state index in [1.54, 1.807) is 0 Å². The zero-order chi connectivity index (χ0) is 13.0. The molecule has 1 fully saturated rings. The van der Waals surface area contributed by atoms with Crippen LogP contribution in [0.3, 0.4) is 0 Å². The quantitative estimate of drug-likeness (QED) is 0.836. The summed E-state index contributed by atoms with van der Waals surface area (Å²) in [6, 6.07) is 8.79. The molecule has 0 heterocycles. The summed E-state index contributed by atoms with van der Waals surface area (Å²) in [5, 5.41) is 0. The Bertz CT molecular complexity index is 377. The maximum absolute atomic E-state index is 5.91. The maximum Gasteiger partial charge on any atom is 0.0230 e. The summed E-state index contributed by atoms with van der Waals surface area (Å²) >= 11 is 0. The Morgan fingerprint density at radius 1 is 1.33 bits per heavy atom. The van der Waals surface area contributed by atoms with Crippen molar-refractivity contribution in [2.75, 3.05) is 20.1 Å². The molecule has 2 N–H and O–H groups in total. The van der Waals surface area contributed by atoms with Gasteiger partial charge in [0.05, 0.1) is 0 Å². The van der Waals surface area contributed by atoms with Gasteiger partial charge in [-0.1, -0.05) is 36.2 Å². The average Bonchev–Trinajstić information content (AvgIpc) is 2.28. The lowest BCUT2D eigenvalue weighted by Crippen LogP contribution is -2.39. The van der Waals surface area contributed by atoms with Crippen LogP contribution in [0, 0.1) is 12.3 Å². The van der Waals surface area contributed by atoms with E-state index >= 15 is 0 Å². The number of rotatable bonds is 6. The highest BCUT2D eigenvalue weighted by Gasteiger charge is 2.34. The molecule has 1 aliphatic rings. The van der Waals surface area contributed by atoms with Crippen LogP contribution in [-0.2, 0) is 6.54 Å². The summed E-state index contributed by atoms with van der Waals surface area (Å²) in [4.78, 5) is 2.42. The average molecular weight is 246 g/mol. The fraction of sp³-hybridized carbons (Fsp3) is 0.625. The summed E-state index contributed by atoms with van der Waals surface area (Å²) in [6.07, 6.45) is 5.30. The normalized spacial score (nSPS) is 17.8. The van der Waals surface area contributed by atoms with E-state index in [2.05, 4.69) is 43.1 Å². The molecule has 1 saturated carbocycles. The molecular weight excluding hydrogens is 220 g/mol. The van der Waals surface area contributed by atoms with E-state index in [4.69, 9.17) is 5.73 Å². The van der Waals surface area contributed by atoms with Gasteiger partial charge in [-0.25, -0.2) is 0 Å². The van der Waals surface area contributed by atoms with Gasteiger partial charge in [-0.2, -0.15) is 0 Å². The number of nitrogens with zero attached hydrogens (tertiary/aromatic N) is 1. The van der Waals surface area contributed by atoms with Gasteiger partial charge in [0.25, 0.3) is 0 Å². The van der Waals surface area contributed by atoms with E-state index in [0.717, 1.165) is 19.6 Å². The van der Waals surface area contributed by atoms with Crippen LogP contribution in [0.2, 0.25) is 0 Å². The minimum Gasteiger partial charge on any atom is -0.330 e. The molecule has 1 aromatic carbocycles. The Hall–Kier alpha value is -0.860. The predicted octanol–water partition coefficient (Wildman–Crippen LogP) is 2.95. The summed E-state index contributed by atoms with van der Waals surface area (Å²) < 4.78 is 0. The van der Waals surface area contributed by atoms with Crippen molar-refractivity contribution in [3.8, 4) is 0 Å². The zero-order valence-corrected chi connectivity index (χ0v) is 11.8. The van der Waals surface area contributed by atoms with Crippen LogP contribution in [0.1, 0.15) is 36.8 Å². The standard InChI is InChI=1S/C16H26N2/c1-14-5-3-6-15(11-14)12-18(2)10-9-16(13-17)7-4-8-16/h3,5-6,11H,4,7-10,12-13,17H2,1-2H3. The molecule has 0 spiro atoms. The third-order valence-corrected chi connectivity index (χ3v) is 4.41. The molecule has 0 aromatic heterocycles. The first kappa shape index (κ1) is 13.6. The Morgan fingerprint density at radius 2 is 2.11 bits per heavy atom. The van der Waals surface area contributed by atoms with E-state index < -0.39 is 0 Å². The smallest absolute Gasteiger partial charge is 0.0230 e. The first-order valence-electron chi connectivity index (χ1n) is 7.08. The zero-order valence-electron chi connectivity index (χ0n) is 11.8. The Balaban J connectivity index is 1.80. The van der Waals surface area contributed by atoms with Gasteiger partial charge in [0, 0.05) is 6.54 Å². The fourth-order valence-corrected chi connectivity index (χ4v) is 2.86. The van der Waals surface area contributed by atoms with Gasteiger partial charge >= 0.3 is 0 Å². The maximum atomic E-state index is 5.91. The van der Waals surface area contributed by atoms with Crippen LogP contribution in [-0.4, -0.2) is 25.0 Å². The van der Waals surface area contributed by atoms with E-state index in [0.29, 0.717) is 5.41 Å². The van der Waals surface area contributed by atoms with Crippen molar-refractivity contribution in [1.82, 2.24) is 4.90 Å². The van der Waals surface area contributed by atoms with Gasteiger partial charge in [-0.15, -0.1) is 0 Å². The molecule has 0 aliphatic heterocycles. The molecule has 2 heteroatoms. The largest absolute Gasteiger partial charge is 0.330 e. The molecule has 100 valence electrons. The Kier molecular flexibility index (Phi) is 4.41. The van der Waals surface area contributed by atoms with E-state index in [9.17, 15) is 0 Å². The van der Waals surface area contributed by atoms with Gasteiger partial charge in [0.1, 0.15) is 0 Å². The van der Waals surface area contributed by atoms with Crippen molar-refractivity contribution < 1.29 is 0 Å². The molecule has 1 aliphatic carbocycles. The lowest BCUT2D eigenvalue weighted by atomic mass is 9.66. The van der Waals surface area contributed by atoms with Crippen LogP contribution in [0.5, 0.6) is 0 Å². The number of aryl methyl sites for hydroxylation is 1. The Morgan fingerprint density at radius 3 is 2.67 bits per heavy atom. The first-order valence-corrected chi connectivity index (χ1v) is 7.08. The van der Waals surface area contributed by atoms with Crippen molar-refractivity contribution in [3.63, 3.8) is 0 Å². The number of nitrogens with two attached hydrogens (primary N) is 1. The molecule has 0 saturated heterocycles. The first-order chi connectivity index (χ1) is 8.63. The monoisotopic (exact) mass is 246 g/mol. The van der Waals surface area contributed by atoms with Crippen molar-refractivity contribution in [2.45, 2.75) is 39.2 Å². The lowest BCUT2D eigenvalue weighted by molar-refractivity contribution is 0.111. The summed E-state index contributed by atoms with van der Waals surface area (Å²) in [6.45, 7) is 5.22. The Labute approximate surface area is 111 Å². The second kappa shape index (κ2) is 5.85. The molecule has 0 radical (unpaired) electrons. The van der Waals surface area contributed by atoms with Gasteiger partial charge in [-0.05, 0) is 57.3 Å². The summed E-state index contributed by atoms with van der Waals surface area (Å²) in [7, 11) is 2.21. The third kappa shape index (κ3) is 3.33. The number of hydrogen-bond acceptors (Lipinski definition) is 2.